The van der Waals surface area contributed by atoms with E-state index in [0.29, 0.717) is 6.54 Å². The summed E-state index contributed by atoms with van der Waals surface area (Å²) in [5, 5.41) is 2.77. The maximum Gasteiger partial charge on any atom is 0.251 e. The smallest absolute Gasteiger partial charge is 0.251 e. The van der Waals surface area contributed by atoms with Crippen molar-refractivity contribution < 1.29 is 13.6 Å². The van der Waals surface area contributed by atoms with Gasteiger partial charge < -0.3 is 16.0 Å². The topological polar surface area (TPSA) is 58.4 Å². The predicted octanol–water partition coefficient (Wildman–Crippen LogP) is 2.01. The zero-order valence-corrected chi connectivity index (χ0v) is 12.4. The Morgan fingerprint density at radius 3 is 2.38 bits per heavy atom. The van der Waals surface area contributed by atoms with Crippen LogP contribution < -0.4 is 11.1 Å². The number of nitrogen functional groups attached to an aromatic ring is 1. The number of likely N-dealkylation sites (tertiary alicyclic amines) is 1. The second-order valence-electron chi connectivity index (χ2n) is 6.15. The average Bonchev–Trinajstić information content (AvgIpc) is 2.45. The van der Waals surface area contributed by atoms with E-state index in [2.05, 4.69) is 24.2 Å². The van der Waals surface area contributed by atoms with E-state index in [-0.39, 0.29) is 11.0 Å². The summed E-state index contributed by atoms with van der Waals surface area (Å²) in [6.45, 7) is 4.58. The molecular formula is C15H21F2N3O. The molecule has 1 heterocycles. The first-order valence-corrected chi connectivity index (χ1v) is 7.02. The molecule has 0 bridgehead atoms. The van der Waals surface area contributed by atoms with Crippen molar-refractivity contribution in [1.29, 1.82) is 0 Å². The molecule has 116 valence electrons. The number of nitrogens with two attached hydrogens (primary N) is 1. The molecule has 1 amide bonds. The van der Waals surface area contributed by atoms with E-state index in [9.17, 15) is 13.6 Å². The van der Waals surface area contributed by atoms with Crippen LogP contribution in [0.3, 0.4) is 0 Å². The molecule has 1 aromatic rings. The van der Waals surface area contributed by atoms with Crippen LogP contribution in [-0.4, -0.2) is 37.5 Å². The first-order valence-electron chi connectivity index (χ1n) is 7.02. The van der Waals surface area contributed by atoms with Crippen LogP contribution in [0.5, 0.6) is 0 Å². The van der Waals surface area contributed by atoms with Gasteiger partial charge in [-0.05, 0) is 50.5 Å². The third-order valence-electron chi connectivity index (χ3n) is 4.21. The van der Waals surface area contributed by atoms with Crippen LogP contribution in [0.1, 0.15) is 30.1 Å². The van der Waals surface area contributed by atoms with Gasteiger partial charge in [-0.25, -0.2) is 8.78 Å². The molecule has 6 heteroatoms. The summed E-state index contributed by atoms with van der Waals surface area (Å²) < 4.78 is 26.7. The number of nitrogens with one attached hydrogen (secondary N) is 1. The zero-order valence-electron chi connectivity index (χ0n) is 12.4. The Bertz CT molecular complexity index is 517. The van der Waals surface area contributed by atoms with Crippen LogP contribution in [0, 0.1) is 17.0 Å². The van der Waals surface area contributed by atoms with E-state index in [1.807, 2.05) is 0 Å². The highest BCUT2D eigenvalue weighted by Gasteiger charge is 2.29. The lowest BCUT2D eigenvalue weighted by atomic mass is 9.80. The molecule has 0 radical (unpaired) electrons. The fourth-order valence-corrected chi connectivity index (χ4v) is 2.45. The van der Waals surface area contributed by atoms with Crippen LogP contribution in [0.2, 0.25) is 0 Å². The average molecular weight is 297 g/mol. The van der Waals surface area contributed by atoms with Gasteiger partial charge in [-0.2, -0.15) is 0 Å². The Labute approximate surface area is 123 Å². The SMILES string of the molecule is CN1CCC(C)(CNC(=O)c2cc(F)c(N)c(F)c2)CC1. The van der Waals surface area contributed by atoms with Gasteiger partial charge >= 0.3 is 0 Å². The van der Waals surface area contributed by atoms with Gasteiger partial charge in [0.2, 0.25) is 0 Å². The molecule has 0 atom stereocenters. The molecule has 1 fully saturated rings. The van der Waals surface area contributed by atoms with Gasteiger partial charge in [0.05, 0.1) is 0 Å². The Morgan fingerprint density at radius 1 is 1.33 bits per heavy atom. The minimum atomic E-state index is -0.911. The third kappa shape index (κ3) is 3.69. The molecule has 1 saturated heterocycles. The Hall–Kier alpha value is -1.69. The lowest BCUT2D eigenvalue weighted by molar-refractivity contribution is 0.0891. The lowest BCUT2D eigenvalue weighted by Gasteiger charge is -2.37. The van der Waals surface area contributed by atoms with Crippen molar-refractivity contribution in [1.82, 2.24) is 10.2 Å². The van der Waals surface area contributed by atoms with Gasteiger partial charge in [0.15, 0.2) is 0 Å². The molecule has 1 aromatic carbocycles. The number of nitrogens with zero attached hydrogens (tertiary/aromatic N) is 1. The van der Waals surface area contributed by atoms with Crippen molar-refractivity contribution in [3.05, 3.63) is 29.3 Å². The van der Waals surface area contributed by atoms with Crippen molar-refractivity contribution in [3.63, 3.8) is 0 Å². The number of hydrogen-bond acceptors (Lipinski definition) is 3. The highest BCUT2D eigenvalue weighted by molar-refractivity contribution is 5.94. The number of rotatable bonds is 3. The first-order chi connectivity index (χ1) is 9.81. The molecule has 2 rings (SSSR count). The van der Waals surface area contributed by atoms with Crippen LogP contribution in [0.4, 0.5) is 14.5 Å². The molecule has 1 aliphatic heterocycles. The molecule has 0 spiro atoms. The molecule has 0 saturated carbocycles. The molecule has 0 aromatic heterocycles. The quantitative estimate of drug-likeness (QED) is 0.839. The van der Waals surface area contributed by atoms with E-state index in [1.165, 1.54) is 0 Å². The Balaban J connectivity index is 1.99. The van der Waals surface area contributed by atoms with Crippen molar-refractivity contribution in [2.24, 2.45) is 5.41 Å². The monoisotopic (exact) mass is 297 g/mol. The summed E-state index contributed by atoms with van der Waals surface area (Å²) in [6, 6.07) is 1.93. The summed E-state index contributed by atoms with van der Waals surface area (Å²) in [5.74, 6) is -2.30. The number of anilines is 1. The molecule has 3 N–H and O–H groups in total. The summed E-state index contributed by atoms with van der Waals surface area (Å²) in [6.07, 6.45) is 1.96. The van der Waals surface area contributed by atoms with Crippen LogP contribution in [0.15, 0.2) is 12.1 Å². The maximum atomic E-state index is 13.4. The van der Waals surface area contributed by atoms with E-state index in [4.69, 9.17) is 5.73 Å². The Morgan fingerprint density at radius 2 is 1.86 bits per heavy atom. The minimum absolute atomic E-state index is 0.0209. The van der Waals surface area contributed by atoms with Crippen molar-refractivity contribution in [2.45, 2.75) is 19.8 Å². The van der Waals surface area contributed by atoms with Crippen molar-refractivity contribution in [3.8, 4) is 0 Å². The lowest BCUT2D eigenvalue weighted by Crippen LogP contribution is -2.43. The van der Waals surface area contributed by atoms with Crippen LogP contribution in [-0.2, 0) is 0 Å². The van der Waals surface area contributed by atoms with E-state index >= 15 is 0 Å². The summed E-state index contributed by atoms with van der Waals surface area (Å²) in [7, 11) is 2.07. The van der Waals surface area contributed by atoms with E-state index in [1.54, 1.807) is 0 Å². The maximum absolute atomic E-state index is 13.4. The van der Waals surface area contributed by atoms with Crippen LogP contribution in [0.25, 0.3) is 0 Å². The zero-order chi connectivity index (χ0) is 15.6. The number of carbonyl (C=O) groups is 1. The molecule has 1 aliphatic rings. The first kappa shape index (κ1) is 15.7. The number of hydrogen-bond donors (Lipinski definition) is 2. The highest BCUT2D eigenvalue weighted by atomic mass is 19.1. The Kier molecular flexibility index (Phi) is 4.46. The standard InChI is InChI=1S/C15H21F2N3O/c1-15(3-5-20(2)6-4-15)9-19-14(21)10-7-11(16)13(18)12(17)8-10/h7-8H,3-6,9,18H2,1-2H3,(H,19,21). The normalized spacial score (nSPS) is 18.5. The molecule has 21 heavy (non-hydrogen) atoms. The van der Waals surface area contributed by atoms with Gasteiger partial charge in [-0.1, -0.05) is 6.92 Å². The second-order valence-corrected chi connectivity index (χ2v) is 6.15. The van der Waals surface area contributed by atoms with Gasteiger partial charge in [0.1, 0.15) is 17.3 Å². The fraction of sp³-hybridized carbons (Fsp3) is 0.533. The minimum Gasteiger partial charge on any atom is -0.394 e. The second kappa shape index (κ2) is 5.97. The summed E-state index contributed by atoms with van der Waals surface area (Å²) in [5.41, 5.74) is 4.60. The van der Waals surface area contributed by atoms with Gasteiger partial charge in [0.25, 0.3) is 5.91 Å². The van der Waals surface area contributed by atoms with Gasteiger partial charge in [0, 0.05) is 12.1 Å². The number of halogens is 2. The van der Waals surface area contributed by atoms with Crippen molar-refractivity contribution in [2.75, 3.05) is 32.4 Å². The van der Waals surface area contributed by atoms with Crippen LogP contribution >= 0.6 is 0 Å². The van der Waals surface area contributed by atoms with E-state index < -0.39 is 23.2 Å². The molecular weight excluding hydrogens is 276 g/mol. The molecule has 0 unspecified atom stereocenters. The highest BCUT2D eigenvalue weighted by Crippen LogP contribution is 2.29. The number of amides is 1. The number of carbonyl (C=O) groups excluding carboxylic acids is 1. The van der Waals surface area contributed by atoms with Gasteiger partial charge in [-0.3, -0.25) is 4.79 Å². The predicted molar refractivity (Wildman–Crippen MR) is 77.9 cm³/mol. The third-order valence-corrected chi connectivity index (χ3v) is 4.21. The summed E-state index contributed by atoms with van der Waals surface area (Å²) in [4.78, 5) is 14.3. The number of piperidine rings is 1. The molecule has 0 aliphatic carbocycles. The largest absolute Gasteiger partial charge is 0.394 e. The van der Waals surface area contributed by atoms with E-state index in [0.717, 1.165) is 38.1 Å². The van der Waals surface area contributed by atoms with Gasteiger partial charge in [-0.15, -0.1) is 0 Å². The molecule has 4 nitrogen and oxygen atoms in total. The summed E-state index contributed by atoms with van der Waals surface area (Å²) >= 11 is 0. The fourth-order valence-electron chi connectivity index (χ4n) is 2.45. The number of benzene rings is 1. The van der Waals surface area contributed by atoms with Crippen molar-refractivity contribution >= 4 is 11.6 Å².